The first-order valence-corrected chi connectivity index (χ1v) is 8.02. The van der Waals surface area contributed by atoms with Gasteiger partial charge in [0.2, 0.25) is 5.91 Å². The summed E-state index contributed by atoms with van der Waals surface area (Å²) in [6, 6.07) is 10.1. The molecule has 0 aliphatic carbocycles. The molecular formula is C19H25N3O. The van der Waals surface area contributed by atoms with E-state index in [4.69, 9.17) is 0 Å². The number of carbonyl (C=O) groups excluding carboxylic acids is 1. The maximum atomic E-state index is 11.7. The summed E-state index contributed by atoms with van der Waals surface area (Å²) in [5.74, 6) is 0.924. The molecule has 2 aromatic rings. The van der Waals surface area contributed by atoms with Crippen LogP contribution in [0.15, 0.2) is 36.5 Å². The number of nitrogens with one attached hydrogen (secondary N) is 2. The predicted octanol–water partition coefficient (Wildman–Crippen LogP) is 4.85. The average Bonchev–Trinajstić information content (AvgIpc) is 2.50. The molecule has 0 atom stereocenters. The lowest BCUT2D eigenvalue weighted by molar-refractivity contribution is -0.118. The summed E-state index contributed by atoms with van der Waals surface area (Å²) in [4.78, 5) is 16.0. The largest absolute Gasteiger partial charge is 0.354 e. The van der Waals surface area contributed by atoms with E-state index in [1.54, 1.807) is 6.20 Å². The third-order valence-electron chi connectivity index (χ3n) is 3.74. The minimum Gasteiger partial charge on any atom is -0.354 e. The number of amides is 1. The Morgan fingerprint density at radius 3 is 2.39 bits per heavy atom. The van der Waals surface area contributed by atoms with Crippen molar-refractivity contribution >= 4 is 23.1 Å². The van der Waals surface area contributed by atoms with Crippen LogP contribution in [-0.2, 0) is 4.79 Å². The second-order valence-electron chi connectivity index (χ2n) is 6.39. The number of aromatic nitrogens is 1. The normalized spacial score (nSPS) is 10.9. The third-order valence-corrected chi connectivity index (χ3v) is 3.74. The zero-order chi connectivity index (χ0) is 17.0. The second-order valence-corrected chi connectivity index (χ2v) is 6.39. The van der Waals surface area contributed by atoms with Gasteiger partial charge in [-0.15, -0.1) is 0 Å². The maximum absolute atomic E-state index is 11.7. The molecule has 0 bridgehead atoms. The molecule has 0 aliphatic rings. The molecule has 23 heavy (non-hydrogen) atoms. The Labute approximate surface area is 138 Å². The van der Waals surface area contributed by atoms with Crippen LogP contribution in [0.4, 0.5) is 17.2 Å². The number of hydrogen-bond acceptors (Lipinski definition) is 3. The molecule has 0 saturated heterocycles. The highest BCUT2D eigenvalue weighted by Crippen LogP contribution is 2.30. The van der Waals surface area contributed by atoms with Crippen LogP contribution in [0, 0.1) is 12.8 Å². The van der Waals surface area contributed by atoms with Crippen molar-refractivity contribution in [2.75, 3.05) is 10.6 Å². The first-order chi connectivity index (χ1) is 10.9. The number of nitrogens with zero attached hydrogens (tertiary/aromatic N) is 1. The molecule has 2 N–H and O–H groups in total. The molecule has 1 aromatic carbocycles. The highest BCUT2D eigenvalue weighted by atomic mass is 16.1. The first kappa shape index (κ1) is 17.0. The van der Waals surface area contributed by atoms with E-state index in [0.717, 1.165) is 11.4 Å². The predicted molar refractivity (Wildman–Crippen MR) is 96.3 cm³/mol. The van der Waals surface area contributed by atoms with Gasteiger partial charge in [-0.2, -0.15) is 0 Å². The van der Waals surface area contributed by atoms with Gasteiger partial charge in [0.15, 0.2) is 0 Å². The molecule has 1 amide bonds. The summed E-state index contributed by atoms with van der Waals surface area (Å²) in [7, 11) is 0. The van der Waals surface area contributed by atoms with Crippen molar-refractivity contribution in [3.05, 3.63) is 47.7 Å². The molecule has 0 unspecified atom stereocenters. The molecular weight excluding hydrogens is 286 g/mol. The fourth-order valence-electron chi connectivity index (χ4n) is 2.30. The number of para-hydroxylation sites is 1. The summed E-state index contributed by atoms with van der Waals surface area (Å²) in [6.45, 7) is 10.2. The van der Waals surface area contributed by atoms with E-state index in [9.17, 15) is 4.79 Å². The SMILES string of the molecule is Cc1cccc(C(C)C)c1Nc1ccc(NC(=O)C(C)C)nc1. The number of pyridine rings is 1. The van der Waals surface area contributed by atoms with Crippen LogP contribution in [0.1, 0.15) is 44.7 Å². The lowest BCUT2D eigenvalue weighted by Crippen LogP contribution is -2.18. The Bertz CT molecular complexity index is 676. The van der Waals surface area contributed by atoms with Crippen LogP contribution < -0.4 is 10.6 Å². The van der Waals surface area contributed by atoms with Gasteiger partial charge < -0.3 is 10.6 Å². The lowest BCUT2D eigenvalue weighted by atomic mass is 9.98. The average molecular weight is 311 g/mol. The molecule has 0 radical (unpaired) electrons. The molecule has 0 saturated carbocycles. The first-order valence-electron chi connectivity index (χ1n) is 8.02. The molecule has 4 heteroatoms. The quantitative estimate of drug-likeness (QED) is 0.829. The number of aryl methyl sites for hydroxylation is 1. The van der Waals surface area contributed by atoms with E-state index in [0.29, 0.717) is 11.7 Å². The van der Waals surface area contributed by atoms with Gasteiger partial charge in [-0.25, -0.2) is 4.98 Å². The molecule has 1 aromatic heterocycles. The van der Waals surface area contributed by atoms with E-state index >= 15 is 0 Å². The molecule has 1 heterocycles. The monoisotopic (exact) mass is 311 g/mol. The Hall–Kier alpha value is -2.36. The van der Waals surface area contributed by atoms with Crippen molar-refractivity contribution in [3.8, 4) is 0 Å². The zero-order valence-corrected chi connectivity index (χ0v) is 14.5. The minimum absolute atomic E-state index is 0.0285. The number of hydrogen-bond donors (Lipinski definition) is 2. The lowest BCUT2D eigenvalue weighted by Gasteiger charge is -2.17. The van der Waals surface area contributed by atoms with Gasteiger partial charge in [0.1, 0.15) is 5.82 Å². The summed E-state index contributed by atoms with van der Waals surface area (Å²) < 4.78 is 0. The smallest absolute Gasteiger partial charge is 0.228 e. The van der Waals surface area contributed by atoms with Crippen molar-refractivity contribution in [2.45, 2.75) is 40.5 Å². The standard InChI is InChI=1S/C19H25N3O/c1-12(2)16-8-6-7-14(5)18(16)21-15-9-10-17(20-11-15)22-19(23)13(3)4/h6-13,21H,1-5H3,(H,20,22,23). The van der Waals surface area contributed by atoms with Crippen LogP contribution in [0.3, 0.4) is 0 Å². The summed E-state index contributed by atoms with van der Waals surface area (Å²) in [5, 5.41) is 6.25. The number of anilines is 3. The van der Waals surface area contributed by atoms with Crippen LogP contribution in [-0.4, -0.2) is 10.9 Å². The third kappa shape index (κ3) is 4.31. The van der Waals surface area contributed by atoms with E-state index in [2.05, 4.69) is 54.6 Å². The fourth-order valence-corrected chi connectivity index (χ4v) is 2.30. The summed E-state index contributed by atoms with van der Waals surface area (Å²) in [6.07, 6.45) is 1.74. The van der Waals surface area contributed by atoms with Crippen LogP contribution in [0.2, 0.25) is 0 Å². The molecule has 0 fully saturated rings. The molecule has 0 spiro atoms. The van der Waals surface area contributed by atoms with Crippen molar-refractivity contribution in [1.29, 1.82) is 0 Å². The van der Waals surface area contributed by atoms with E-state index < -0.39 is 0 Å². The number of carbonyl (C=O) groups is 1. The molecule has 2 rings (SSSR count). The zero-order valence-electron chi connectivity index (χ0n) is 14.5. The highest BCUT2D eigenvalue weighted by Gasteiger charge is 2.10. The van der Waals surface area contributed by atoms with Gasteiger partial charge in [0.25, 0.3) is 0 Å². The van der Waals surface area contributed by atoms with Crippen molar-refractivity contribution in [1.82, 2.24) is 4.98 Å². The van der Waals surface area contributed by atoms with E-state index in [1.165, 1.54) is 11.1 Å². The van der Waals surface area contributed by atoms with Gasteiger partial charge >= 0.3 is 0 Å². The topological polar surface area (TPSA) is 54.0 Å². The minimum atomic E-state index is -0.0600. The van der Waals surface area contributed by atoms with Crippen LogP contribution in [0.25, 0.3) is 0 Å². The highest BCUT2D eigenvalue weighted by molar-refractivity contribution is 5.91. The Morgan fingerprint density at radius 2 is 1.83 bits per heavy atom. The number of benzene rings is 1. The molecule has 4 nitrogen and oxygen atoms in total. The molecule has 122 valence electrons. The second kappa shape index (κ2) is 7.27. The Morgan fingerprint density at radius 1 is 1.09 bits per heavy atom. The number of rotatable bonds is 5. The summed E-state index contributed by atoms with van der Waals surface area (Å²) in [5.41, 5.74) is 4.52. The van der Waals surface area contributed by atoms with Gasteiger partial charge in [-0.05, 0) is 36.1 Å². The Balaban J connectivity index is 2.17. The van der Waals surface area contributed by atoms with Crippen molar-refractivity contribution < 1.29 is 4.79 Å². The van der Waals surface area contributed by atoms with Gasteiger partial charge in [-0.3, -0.25) is 4.79 Å². The van der Waals surface area contributed by atoms with E-state index in [-0.39, 0.29) is 11.8 Å². The molecule has 0 aliphatic heterocycles. The van der Waals surface area contributed by atoms with E-state index in [1.807, 2.05) is 26.0 Å². The fraction of sp³-hybridized carbons (Fsp3) is 0.368. The van der Waals surface area contributed by atoms with Gasteiger partial charge in [-0.1, -0.05) is 45.9 Å². The summed E-state index contributed by atoms with van der Waals surface area (Å²) >= 11 is 0. The van der Waals surface area contributed by atoms with Crippen molar-refractivity contribution in [2.24, 2.45) is 5.92 Å². The van der Waals surface area contributed by atoms with Gasteiger partial charge in [0.05, 0.1) is 11.9 Å². The van der Waals surface area contributed by atoms with Crippen molar-refractivity contribution in [3.63, 3.8) is 0 Å². The van der Waals surface area contributed by atoms with Gasteiger partial charge in [0, 0.05) is 11.6 Å². The van der Waals surface area contributed by atoms with Crippen LogP contribution >= 0.6 is 0 Å². The van der Waals surface area contributed by atoms with Crippen LogP contribution in [0.5, 0.6) is 0 Å². The maximum Gasteiger partial charge on any atom is 0.228 e. The Kier molecular flexibility index (Phi) is 5.37.